The van der Waals surface area contributed by atoms with E-state index in [0.29, 0.717) is 62.8 Å². The van der Waals surface area contributed by atoms with Gasteiger partial charge in [-0.3, -0.25) is 4.79 Å². The summed E-state index contributed by atoms with van der Waals surface area (Å²) in [6, 6.07) is 7.07. The van der Waals surface area contributed by atoms with Gasteiger partial charge in [0, 0.05) is 25.6 Å². The first-order valence-corrected chi connectivity index (χ1v) is 7.31. The normalized spacial score (nSPS) is 14.3. The van der Waals surface area contributed by atoms with E-state index in [-0.39, 0.29) is 5.91 Å². The molecule has 1 saturated heterocycles. The van der Waals surface area contributed by atoms with Crippen LogP contribution in [-0.4, -0.2) is 50.8 Å². The maximum absolute atomic E-state index is 12.0. The van der Waals surface area contributed by atoms with E-state index in [2.05, 4.69) is 6.07 Å². The van der Waals surface area contributed by atoms with Gasteiger partial charge < -0.3 is 19.1 Å². The smallest absolute Gasteiger partial charge is 0.222 e. The number of hydrogen-bond donors (Lipinski definition) is 0. The van der Waals surface area contributed by atoms with Gasteiger partial charge in [0.15, 0.2) is 11.5 Å². The van der Waals surface area contributed by atoms with Crippen molar-refractivity contribution in [3.63, 3.8) is 0 Å². The zero-order valence-corrected chi connectivity index (χ0v) is 12.7. The molecule has 6 nitrogen and oxygen atoms in total. The van der Waals surface area contributed by atoms with Crippen molar-refractivity contribution >= 4 is 5.91 Å². The molecule has 6 heteroatoms. The van der Waals surface area contributed by atoms with Crippen molar-refractivity contribution in [3.8, 4) is 17.6 Å². The van der Waals surface area contributed by atoms with Crippen molar-refractivity contribution in [3.05, 3.63) is 23.8 Å². The number of rotatable bonds is 6. The first kappa shape index (κ1) is 16.1. The lowest BCUT2D eigenvalue weighted by Gasteiger charge is -2.26. The number of nitrogens with zero attached hydrogens (tertiary/aromatic N) is 2. The zero-order chi connectivity index (χ0) is 15.8. The highest BCUT2D eigenvalue weighted by Crippen LogP contribution is 2.27. The van der Waals surface area contributed by atoms with E-state index in [1.807, 2.05) is 4.90 Å². The van der Waals surface area contributed by atoms with Crippen LogP contribution in [0.3, 0.4) is 0 Å². The summed E-state index contributed by atoms with van der Waals surface area (Å²) in [4.78, 5) is 13.8. The van der Waals surface area contributed by atoms with Crippen LogP contribution in [0.5, 0.6) is 11.5 Å². The summed E-state index contributed by atoms with van der Waals surface area (Å²) < 4.78 is 16.1. The average molecular weight is 304 g/mol. The number of methoxy groups -OCH3 is 1. The van der Waals surface area contributed by atoms with Gasteiger partial charge in [-0.15, -0.1) is 0 Å². The topological polar surface area (TPSA) is 71.8 Å². The molecular weight excluding hydrogens is 284 g/mol. The Morgan fingerprint density at radius 3 is 2.82 bits per heavy atom. The summed E-state index contributed by atoms with van der Waals surface area (Å²) in [6.45, 7) is 3.00. The molecule has 0 unspecified atom stereocenters. The molecule has 0 aliphatic carbocycles. The van der Waals surface area contributed by atoms with Gasteiger partial charge in [-0.2, -0.15) is 5.26 Å². The summed E-state index contributed by atoms with van der Waals surface area (Å²) >= 11 is 0. The molecule has 0 spiro atoms. The molecule has 22 heavy (non-hydrogen) atoms. The third-order valence-electron chi connectivity index (χ3n) is 3.45. The van der Waals surface area contributed by atoms with Crippen LogP contribution in [0, 0.1) is 11.3 Å². The lowest BCUT2D eigenvalue weighted by molar-refractivity contribution is -0.135. The number of amides is 1. The number of hydrogen-bond acceptors (Lipinski definition) is 5. The van der Waals surface area contributed by atoms with Gasteiger partial charge in [-0.05, 0) is 18.6 Å². The molecule has 1 aromatic rings. The number of carbonyl (C=O) groups is 1. The van der Waals surface area contributed by atoms with Gasteiger partial charge in [-0.1, -0.05) is 0 Å². The monoisotopic (exact) mass is 304 g/mol. The second-order valence-electron chi connectivity index (χ2n) is 4.92. The van der Waals surface area contributed by atoms with Crippen molar-refractivity contribution in [2.45, 2.75) is 12.8 Å². The number of ether oxygens (including phenoxy) is 3. The number of nitriles is 1. The molecular formula is C16H20N2O4. The third-order valence-corrected chi connectivity index (χ3v) is 3.45. The van der Waals surface area contributed by atoms with E-state index < -0.39 is 0 Å². The van der Waals surface area contributed by atoms with Gasteiger partial charge in [0.2, 0.25) is 5.91 Å². The lowest BCUT2D eigenvalue weighted by atomic mass is 10.2. The highest BCUT2D eigenvalue weighted by atomic mass is 16.5. The van der Waals surface area contributed by atoms with Crippen molar-refractivity contribution in [2.75, 3.05) is 40.0 Å². The minimum absolute atomic E-state index is 0.138. The Bertz CT molecular complexity index is 548. The molecule has 1 aromatic carbocycles. The Morgan fingerprint density at radius 1 is 1.36 bits per heavy atom. The quantitative estimate of drug-likeness (QED) is 0.746. The fourth-order valence-corrected chi connectivity index (χ4v) is 2.23. The predicted molar refractivity (Wildman–Crippen MR) is 79.8 cm³/mol. The molecule has 118 valence electrons. The van der Waals surface area contributed by atoms with E-state index in [9.17, 15) is 4.79 Å². The van der Waals surface area contributed by atoms with E-state index in [4.69, 9.17) is 19.5 Å². The Hall–Kier alpha value is -2.26. The van der Waals surface area contributed by atoms with Crippen LogP contribution < -0.4 is 9.47 Å². The van der Waals surface area contributed by atoms with Gasteiger partial charge in [0.1, 0.15) is 0 Å². The van der Waals surface area contributed by atoms with Gasteiger partial charge in [0.25, 0.3) is 0 Å². The van der Waals surface area contributed by atoms with Crippen LogP contribution >= 0.6 is 0 Å². The summed E-state index contributed by atoms with van der Waals surface area (Å²) in [5, 5.41) is 8.85. The average Bonchev–Trinajstić information content (AvgIpc) is 2.59. The maximum atomic E-state index is 12.0. The molecule has 0 atom stereocenters. The van der Waals surface area contributed by atoms with Crippen molar-refractivity contribution in [2.24, 2.45) is 0 Å². The minimum atomic E-state index is 0.138. The Morgan fingerprint density at radius 2 is 2.14 bits per heavy atom. The standard InChI is InChI=1S/C16H20N2O4/c1-20-15-11-13(12-17)4-5-14(15)22-8-2-3-16(19)18-6-9-21-10-7-18/h4-5,11H,2-3,6-10H2,1H3. The predicted octanol–water partition coefficient (Wildman–Crippen LogP) is 1.58. The van der Waals surface area contributed by atoms with Crippen LogP contribution in [0.4, 0.5) is 0 Å². The van der Waals surface area contributed by atoms with E-state index in [1.165, 1.54) is 7.11 Å². The number of carbonyl (C=O) groups excluding carboxylic acids is 1. The van der Waals surface area contributed by atoms with Crippen molar-refractivity contribution < 1.29 is 19.0 Å². The first-order valence-electron chi connectivity index (χ1n) is 7.31. The maximum Gasteiger partial charge on any atom is 0.222 e. The number of morpholine rings is 1. The highest BCUT2D eigenvalue weighted by Gasteiger charge is 2.16. The van der Waals surface area contributed by atoms with Crippen LogP contribution in [0.15, 0.2) is 18.2 Å². The Kier molecular flexibility index (Phi) is 6.04. The molecule has 0 N–H and O–H groups in total. The van der Waals surface area contributed by atoms with Crippen LogP contribution in [0.1, 0.15) is 18.4 Å². The molecule has 0 radical (unpaired) electrons. The van der Waals surface area contributed by atoms with Crippen molar-refractivity contribution in [1.29, 1.82) is 5.26 Å². The highest BCUT2D eigenvalue weighted by molar-refractivity contribution is 5.76. The largest absolute Gasteiger partial charge is 0.493 e. The van der Waals surface area contributed by atoms with Crippen molar-refractivity contribution in [1.82, 2.24) is 4.90 Å². The molecule has 1 fully saturated rings. The molecule has 2 rings (SSSR count). The van der Waals surface area contributed by atoms with Gasteiger partial charge in [-0.25, -0.2) is 0 Å². The molecule has 1 aliphatic rings. The third kappa shape index (κ3) is 4.37. The fourth-order valence-electron chi connectivity index (χ4n) is 2.23. The molecule has 0 aromatic heterocycles. The SMILES string of the molecule is COc1cc(C#N)ccc1OCCCC(=O)N1CCOCC1. The Balaban J connectivity index is 1.76. The summed E-state index contributed by atoms with van der Waals surface area (Å²) in [7, 11) is 1.53. The summed E-state index contributed by atoms with van der Waals surface area (Å²) in [6.07, 6.45) is 1.10. The molecule has 0 saturated carbocycles. The minimum Gasteiger partial charge on any atom is -0.493 e. The molecule has 0 bridgehead atoms. The van der Waals surface area contributed by atoms with Crippen LogP contribution in [-0.2, 0) is 9.53 Å². The summed E-state index contributed by atoms with van der Waals surface area (Å²) in [5.74, 6) is 1.25. The molecule has 1 amide bonds. The second kappa shape index (κ2) is 8.25. The molecule has 1 aliphatic heterocycles. The van der Waals surface area contributed by atoms with Crippen LogP contribution in [0.2, 0.25) is 0 Å². The number of benzene rings is 1. The lowest BCUT2D eigenvalue weighted by Crippen LogP contribution is -2.40. The summed E-state index contributed by atoms with van der Waals surface area (Å²) in [5.41, 5.74) is 0.520. The van der Waals surface area contributed by atoms with E-state index >= 15 is 0 Å². The zero-order valence-electron chi connectivity index (χ0n) is 12.7. The second-order valence-corrected chi connectivity index (χ2v) is 4.92. The van der Waals surface area contributed by atoms with Gasteiger partial charge >= 0.3 is 0 Å². The van der Waals surface area contributed by atoms with E-state index in [1.54, 1.807) is 18.2 Å². The van der Waals surface area contributed by atoms with E-state index in [0.717, 1.165) is 0 Å². The molecule has 1 heterocycles. The Labute approximate surface area is 130 Å². The first-order chi connectivity index (χ1) is 10.7. The van der Waals surface area contributed by atoms with Gasteiger partial charge in [0.05, 0.1) is 38.6 Å². The van der Waals surface area contributed by atoms with Crippen LogP contribution in [0.25, 0.3) is 0 Å². The fraction of sp³-hybridized carbons (Fsp3) is 0.500.